The number of carbonyl (C=O) groups excluding carboxylic acids is 1. The van der Waals surface area contributed by atoms with Crippen LogP contribution in [-0.2, 0) is 0 Å². The summed E-state index contributed by atoms with van der Waals surface area (Å²) in [5, 5.41) is 17.2. The number of hydrogen-bond donors (Lipinski definition) is 1. The zero-order valence-electron chi connectivity index (χ0n) is 22.8. The molecule has 4 heterocycles. The SMILES string of the molecule is N#CCC(C1CCCC1)n1cc(-c2ccnc(Nc3ccc(C(=O)N4CCC(Oc5ccccn5)C4)cc3)n2)cn1. The minimum Gasteiger partial charge on any atom is -0.472 e. The predicted molar refractivity (Wildman–Crippen MR) is 153 cm³/mol. The Morgan fingerprint density at radius 3 is 2.71 bits per heavy atom. The molecule has 2 fully saturated rings. The Hall–Kier alpha value is -4.78. The Morgan fingerprint density at radius 2 is 1.93 bits per heavy atom. The minimum atomic E-state index is -0.0636. The lowest BCUT2D eigenvalue weighted by atomic mass is 9.96. The number of nitriles is 1. The van der Waals surface area contributed by atoms with Gasteiger partial charge in [-0.25, -0.2) is 15.0 Å². The van der Waals surface area contributed by atoms with Gasteiger partial charge < -0.3 is 15.0 Å². The molecule has 1 aliphatic heterocycles. The zero-order valence-corrected chi connectivity index (χ0v) is 22.8. The van der Waals surface area contributed by atoms with Crippen LogP contribution in [0.5, 0.6) is 5.88 Å². The third kappa shape index (κ3) is 6.19. The van der Waals surface area contributed by atoms with Gasteiger partial charge in [-0.1, -0.05) is 18.9 Å². The third-order valence-electron chi connectivity index (χ3n) is 7.88. The van der Waals surface area contributed by atoms with Crippen LogP contribution >= 0.6 is 0 Å². The molecule has 1 aromatic carbocycles. The van der Waals surface area contributed by atoms with E-state index >= 15 is 0 Å². The summed E-state index contributed by atoms with van der Waals surface area (Å²) in [5.41, 5.74) is 3.03. The molecule has 0 spiro atoms. The molecule has 2 aliphatic rings. The number of hydrogen-bond acceptors (Lipinski definition) is 8. The Balaban J connectivity index is 1.08. The van der Waals surface area contributed by atoms with Gasteiger partial charge >= 0.3 is 0 Å². The van der Waals surface area contributed by atoms with E-state index in [1.165, 1.54) is 12.8 Å². The van der Waals surface area contributed by atoms with E-state index in [0.717, 1.165) is 36.2 Å². The number of nitrogens with one attached hydrogen (secondary N) is 1. The number of carbonyl (C=O) groups is 1. The molecule has 1 saturated carbocycles. The number of rotatable bonds is 9. The van der Waals surface area contributed by atoms with Crippen molar-refractivity contribution in [3.8, 4) is 23.2 Å². The molecule has 0 radical (unpaired) electrons. The van der Waals surface area contributed by atoms with Gasteiger partial charge in [0.25, 0.3) is 5.91 Å². The first kappa shape index (κ1) is 26.4. The van der Waals surface area contributed by atoms with Gasteiger partial charge in [0.2, 0.25) is 11.8 Å². The summed E-state index contributed by atoms with van der Waals surface area (Å²) in [6, 6.07) is 17.2. The minimum absolute atomic E-state index is 0.0220. The van der Waals surface area contributed by atoms with Crippen molar-refractivity contribution in [3.63, 3.8) is 0 Å². The molecule has 6 rings (SSSR count). The molecule has 41 heavy (non-hydrogen) atoms. The first-order chi connectivity index (χ1) is 20.2. The van der Waals surface area contributed by atoms with Crippen LogP contribution in [0, 0.1) is 17.2 Å². The van der Waals surface area contributed by atoms with E-state index < -0.39 is 0 Å². The van der Waals surface area contributed by atoms with E-state index in [1.54, 1.807) is 18.6 Å². The fraction of sp³-hybridized carbons (Fsp3) is 0.355. The molecule has 10 heteroatoms. The molecule has 208 valence electrons. The van der Waals surface area contributed by atoms with Crippen molar-refractivity contribution in [1.82, 2.24) is 29.6 Å². The molecule has 2 atom stereocenters. The van der Waals surface area contributed by atoms with Crippen molar-refractivity contribution in [2.45, 2.75) is 50.7 Å². The Bertz CT molecular complexity index is 1510. The topological polar surface area (TPSA) is 122 Å². The second-order valence-electron chi connectivity index (χ2n) is 10.6. The molecule has 1 amide bonds. The normalized spacial score (nSPS) is 17.7. The van der Waals surface area contributed by atoms with E-state index in [4.69, 9.17) is 4.74 Å². The van der Waals surface area contributed by atoms with Crippen molar-refractivity contribution in [3.05, 3.63) is 78.9 Å². The molecule has 1 N–H and O–H groups in total. The van der Waals surface area contributed by atoms with E-state index in [9.17, 15) is 10.1 Å². The first-order valence-corrected chi connectivity index (χ1v) is 14.1. The summed E-state index contributed by atoms with van der Waals surface area (Å²) in [6.45, 7) is 1.18. The Kier molecular flexibility index (Phi) is 7.85. The number of anilines is 2. The van der Waals surface area contributed by atoms with Gasteiger partial charge in [0.15, 0.2) is 0 Å². The zero-order chi connectivity index (χ0) is 28.0. The summed E-state index contributed by atoms with van der Waals surface area (Å²) in [4.78, 5) is 28.2. The standard InChI is InChI=1S/C31H32N8O2/c32-15-12-28(22-5-1-2-6-22)39-20-24(19-35-39)27-13-17-34-31(37-27)36-25-10-8-23(9-11-25)30(40)38-18-14-26(21-38)41-29-7-3-4-16-33-29/h3-4,7-11,13,16-17,19-20,22,26,28H,1-2,5-6,12,14,18,21H2,(H,34,36,37). The fourth-order valence-electron chi connectivity index (χ4n) is 5.75. The summed E-state index contributed by atoms with van der Waals surface area (Å²) in [6.07, 6.45) is 13.1. The van der Waals surface area contributed by atoms with Crippen molar-refractivity contribution in [2.75, 3.05) is 18.4 Å². The van der Waals surface area contributed by atoms with Crippen molar-refractivity contribution < 1.29 is 9.53 Å². The number of ether oxygens (including phenoxy) is 1. The lowest BCUT2D eigenvalue weighted by Gasteiger charge is -2.21. The van der Waals surface area contributed by atoms with Gasteiger partial charge in [-0.15, -0.1) is 0 Å². The van der Waals surface area contributed by atoms with Crippen LogP contribution in [0.25, 0.3) is 11.3 Å². The predicted octanol–water partition coefficient (Wildman–Crippen LogP) is 5.42. The average Bonchev–Trinajstić information content (AvgIpc) is 3.80. The van der Waals surface area contributed by atoms with Crippen molar-refractivity contribution >= 4 is 17.5 Å². The van der Waals surface area contributed by atoms with Gasteiger partial charge in [-0.2, -0.15) is 10.4 Å². The van der Waals surface area contributed by atoms with Gasteiger partial charge in [0, 0.05) is 54.4 Å². The summed E-state index contributed by atoms with van der Waals surface area (Å²) in [7, 11) is 0. The molecule has 3 aromatic heterocycles. The largest absolute Gasteiger partial charge is 0.472 e. The molecular formula is C31H32N8O2. The maximum absolute atomic E-state index is 13.1. The highest BCUT2D eigenvalue weighted by Crippen LogP contribution is 2.36. The van der Waals surface area contributed by atoms with Gasteiger partial charge in [-0.05, 0) is 55.2 Å². The van der Waals surface area contributed by atoms with Crippen LogP contribution in [0.4, 0.5) is 11.6 Å². The van der Waals surface area contributed by atoms with Crippen LogP contribution in [0.2, 0.25) is 0 Å². The summed E-state index contributed by atoms with van der Waals surface area (Å²) in [5.74, 6) is 1.50. The van der Waals surface area contributed by atoms with Crippen LogP contribution < -0.4 is 10.1 Å². The average molecular weight is 549 g/mol. The Labute approximate surface area is 239 Å². The molecule has 10 nitrogen and oxygen atoms in total. The number of amides is 1. The maximum Gasteiger partial charge on any atom is 0.253 e. The number of nitrogens with zero attached hydrogens (tertiary/aromatic N) is 7. The molecule has 4 aromatic rings. The highest BCUT2D eigenvalue weighted by atomic mass is 16.5. The first-order valence-electron chi connectivity index (χ1n) is 14.1. The smallest absolute Gasteiger partial charge is 0.253 e. The highest BCUT2D eigenvalue weighted by molar-refractivity contribution is 5.94. The van der Waals surface area contributed by atoms with Crippen LogP contribution in [0.15, 0.2) is 73.3 Å². The van der Waals surface area contributed by atoms with Crippen LogP contribution in [-0.4, -0.2) is 54.7 Å². The molecule has 1 saturated heterocycles. The molecule has 0 bridgehead atoms. The van der Waals surface area contributed by atoms with Crippen LogP contribution in [0.3, 0.4) is 0 Å². The fourth-order valence-corrected chi connectivity index (χ4v) is 5.75. The summed E-state index contributed by atoms with van der Waals surface area (Å²) < 4.78 is 7.86. The maximum atomic E-state index is 13.1. The van der Waals surface area contributed by atoms with Crippen LogP contribution in [0.1, 0.15) is 54.9 Å². The number of aromatic nitrogens is 5. The van der Waals surface area contributed by atoms with Gasteiger partial charge in [-0.3, -0.25) is 9.48 Å². The molecule has 2 unspecified atom stereocenters. The summed E-state index contributed by atoms with van der Waals surface area (Å²) >= 11 is 0. The Morgan fingerprint density at radius 1 is 1.07 bits per heavy atom. The van der Waals surface area contributed by atoms with E-state index in [2.05, 4.69) is 31.4 Å². The quantitative estimate of drug-likeness (QED) is 0.294. The van der Waals surface area contributed by atoms with E-state index in [0.29, 0.717) is 42.8 Å². The highest BCUT2D eigenvalue weighted by Gasteiger charge is 2.29. The molecular weight excluding hydrogens is 516 g/mol. The number of likely N-dealkylation sites (tertiary alicyclic amines) is 1. The lowest BCUT2D eigenvalue weighted by Crippen LogP contribution is -2.31. The molecule has 1 aliphatic carbocycles. The van der Waals surface area contributed by atoms with Crippen molar-refractivity contribution in [1.29, 1.82) is 5.26 Å². The lowest BCUT2D eigenvalue weighted by molar-refractivity contribution is 0.0771. The number of benzene rings is 1. The monoisotopic (exact) mass is 548 g/mol. The third-order valence-corrected chi connectivity index (χ3v) is 7.88. The van der Waals surface area contributed by atoms with Gasteiger partial charge in [0.05, 0.1) is 37.0 Å². The van der Waals surface area contributed by atoms with Gasteiger partial charge in [0.1, 0.15) is 6.10 Å². The van der Waals surface area contributed by atoms with Crippen molar-refractivity contribution in [2.24, 2.45) is 5.92 Å². The van der Waals surface area contributed by atoms with E-state index in [-0.39, 0.29) is 18.1 Å². The second-order valence-corrected chi connectivity index (χ2v) is 10.6. The second kappa shape index (κ2) is 12.2. The number of pyridine rings is 1. The van der Waals surface area contributed by atoms with E-state index in [1.807, 2.05) is 64.3 Å².